The van der Waals surface area contributed by atoms with E-state index in [2.05, 4.69) is 0 Å². The fourth-order valence-electron chi connectivity index (χ4n) is 3.41. The van der Waals surface area contributed by atoms with Crippen molar-refractivity contribution in [3.05, 3.63) is 0 Å². The molecule has 2 heterocycles. The fourth-order valence-corrected chi connectivity index (χ4v) is 3.41. The number of esters is 1. The molecule has 0 aromatic rings. The van der Waals surface area contributed by atoms with Gasteiger partial charge in [-0.1, -0.05) is 0 Å². The lowest BCUT2D eigenvalue weighted by molar-refractivity contribution is -0.157. The standard InChI is InChI=1S/C12H16N2O4/c1-18-10(15)12(4-5-13)6-8-2-3-9(7-12)14(8)11(16)17/h8-9H,2-4,6-7H2,1H3,(H,16,17). The number of hydrogen-bond acceptors (Lipinski definition) is 4. The lowest BCUT2D eigenvalue weighted by atomic mass is 9.73. The number of nitriles is 1. The molecule has 6 nitrogen and oxygen atoms in total. The van der Waals surface area contributed by atoms with Crippen molar-refractivity contribution in [2.24, 2.45) is 5.41 Å². The summed E-state index contributed by atoms with van der Waals surface area (Å²) in [6, 6.07) is 1.72. The van der Waals surface area contributed by atoms with Gasteiger partial charge >= 0.3 is 12.1 Å². The Morgan fingerprint density at radius 3 is 2.39 bits per heavy atom. The minimum absolute atomic E-state index is 0.0974. The number of amides is 1. The van der Waals surface area contributed by atoms with Crippen LogP contribution in [0.4, 0.5) is 4.79 Å². The molecule has 2 atom stereocenters. The molecule has 98 valence electrons. The van der Waals surface area contributed by atoms with Gasteiger partial charge in [0, 0.05) is 12.1 Å². The van der Waals surface area contributed by atoms with E-state index in [1.165, 1.54) is 12.0 Å². The monoisotopic (exact) mass is 252 g/mol. The summed E-state index contributed by atoms with van der Waals surface area (Å²) in [5.74, 6) is -0.383. The fraction of sp³-hybridized carbons (Fsp3) is 0.750. The van der Waals surface area contributed by atoms with Gasteiger partial charge < -0.3 is 14.7 Å². The summed E-state index contributed by atoms with van der Waals surface area (Å²) in [5.41, 5.74) is -0.818. The minimum atomic E-state index is -0.932. The molecule has 2 fully saturated rings. The number of hydrogen-bond donors (Lipinski definition) is 1. The molecule has 0 aliphatic carbocycles. The average Bonchev–Trinajstić information content (AvgIpc) is 2.62. The molecule has 0 radical (unpaired) electrons. The highest BCUT2D eigenvalue weighted by atomic mass is 16.5. The van der Waals surface area contributed by atoms with Crippen molar-refractivity contribution in [3.63, 3.8) is 0 Å². The van der Waals surface area contributed by atoms with Crippen LogP contribution in [-0.2, 0) is 9.53 Å². The quantitative estimate of drug-likeness (QED) is 0.749. The normalized spacial score (nSPS) is 33.9. The predicted molar refractivity (Wildman–Crippen MR) is 60.6 cm³/mol. The molecule has 18 heavy (non-hydrogen) atoms. The summed E-state index contributed by atoms with van der Waals surface area (Å²) in [4.78, 5) is 24.5. The maximum Gasteiger partial charge on any atom is 0.407 e. The van der Waals surface area contributed by atoms with E-state index in [4.69, 9.17) is 15.1 Å². The van der Waals surface area contributed by atoms with Crippen LogP contribution in [0, 0.1) is 16.7 Å². The summed E-state index contributed by atoms with van der Waals surface area (Å²) >= 11 is 0. The first-order valence-electron chi connectivity index (χ1n) is 6.01. The first-order chi connectivity index (χ1) is 8.54. The number of nitrogens with zero attached hydrogens (tertiary/aromatic N) is 2. The van der Waals surface area contributed by atoms with Crippen LogP contribution in [0.3, 0.4) is 0 Å². The average molecular weight is 252 g/mol. The van der Waals surface area contributed by atoms with Crippen molar-refractivity contribution in [3.8, 4) is 6.07 Å². The molecular formula is C12H16N2O4. The number of carboxylic acid groups (broad SMARTS) is 1. The van der Waals surface area contributed by atoms with Crippen LogP contribution >= 0.6 is 0 Å². The number of piperidine rings is 1. The molecule has 2 rings (SSSR count). The van der Waals surface area contributed by atoms with Crippen molar-refractivity contribution in [1.29, 1.82) is 5.26 Å². The molecule has 2 bridgehead atoms. The molecule has 0 aromatic heterocycles. The maximum absolute atomic E-state index is 11.9. The summed E-state index contributed by atoms with van der Waals surface area (Å²) in [6.45, 7) is 0. The molecule has 2 aliphatic heterocycles. The van der Waals surface area contributed by atoms with Crippen molar-refractivity contribution >= 4 is 12.1 Å². The summed E-state index contributed by atoms with van der Waals surface area (Å²) in [7, 11) is 1.31. The molecule has 2 unspecified atom stereocenters. The molecule has 2 saturated heterocycles. The second-order valence-electron chi connectivity index (χ2n) is 5.09. The Balaban J connectivity index is 2.26. The van der Waals surface area contributed by atoms with Gasteiger partial charge in [-0.15, -0.1) is 0 Å². The Kier molecular flexibility index (Phi) is 3.16. The SMILES string of the molecule is COC(=O)C1(CC#N)CC2CCC(C1)N2C(=O)O. The second-order valence-corrected chi connectivity index (χ2v) is 5.09. The van der Waals surface area contributed by atoms with E-state index in [1.54, 1.807) is 0 Å². The molecule has 1 amide bonds. The molecule has 0 spiro atoms. The second kappa shape index (κ2) is 4.48. The minimum Gasteiger partial charge on any atom is -0.469 e. The van der Waals surface area contributed by atoms with E-state index in [1.807, 2.05) is 6.07 Å². The number of methoxy groups -OCH3 is 1. The first kappa shape index (κ1) is 12.7. The summed E-state index contributed by atoms with van der Waals surface area (Å²) in [5, 5.41) is 18.1. The summed E-state index contributed by atoms with van der Waals surface area (Å²) < 4.78 is 4.81. The molecular weight excluding hydrogens is 236 g/mol. The van der Waals surface area contributed by atoms with Crippen LogP contribution in [0.5, 0.6) is 0 Å². The maximum atomic E-state index is 11.9. The van der Waals surface area contributed by atoms with E-state index in [0.29, 0.717) is 12.8 Å². The molecule has 2 aliphatic rings. The number of fused-ring (bicyclic) bond motifs is 2. The van der Waals surface area contributed by atoms with Crippen LogP contribution in [0.2, 0.25) is 0 Å². The van der Waals surface area contributed by atoms with Gasteiger partial charge in [-0.25, -0.2) is 4.79 Å². The first-order valence-corrected chi connectivity index (χ1v) is 6.01. The van der Waals surface area contributed by atoms with Crippen LogP contribution in [0.25, 0.3) is 0 Å². The zero-order valence-electron chi connectivity index (χ0n) is 10.3. The Hall–Kier alpha value is -1.77. The number of carbonyl (C=O) groups is 2. The van der Waals surface area contributed by atoms with Crippen molar-refractivity contribution in [2.75, 3.05) is 7.11 Å². The predicted octanol–water partition coefficient (Wildman–Crippen LogP) is 1.36. The number of rotatable bonds is 2. The van der Waals surface area contributed by atoms with Crippen LogP contribution in [0.1, 0.15) is 32.1 Å². The van der Waals surface area contributed by atoms with E-state index < -0.39 is 11.5 Å². The van der Waals surface area contributed by atoms with E-state index >= 15 is 0 Å². The third-order valence-corrected chi connectivity index (χ3v) is 4.13. The van der Waals surface area contributed by atoms with Crippen LogP contribution < -0.4 is 0 Å². The third-order valence-electron chi connectivity index (χ3n) is 4.13. The van der Waals surface area contributed by atoms with Gasteiger partial charge in [0.05, 0.1) is 25.0 Å². The Labute approximate surface area is 105 Å². The highest BCUT2D eigenvalue weighted by Gasteiger charge is 2.54. The Morgan fingerprint density at radius 2 is 2.00 bits per heavy atom. The Morgan fingerprint density at radius 1 is 1.44 bits per heavy atom. The van der Waals surface area contributed by atoms with Gasteiger partial charge in [-0.05, 0) is 25.7 Å². The van der Waals surface area contributed by atoms with Gasteiger partial charge in [0.1, 0.15) is 0 Å². The lowest BCUT2D eigenvalue weighted by Gasteiger charge is -2.42. The van der Waals surface area contributed by atoms with Crippen molar-refractivity contribution < 1.29 is 19.4 Å². The number of carbonyl (C=O) groups excluding carboxylic acids is 1. The highest BCUT2D eigenvalue weighted by molar-refractivity contribution is 5.78. The number of ether oxygens (including phenoxy) is 1. The highest BCUT2D eigenvalue weighted by Crippen LogP contribution is 2.48. The van der Waals surface area contributed by atoms with Gasteiger partial charge in [0.25, 0.3) is 0 Å². The zero-order chi connectivity index (χ0) is 13.3. The summed E-state index contributed by atoms with van der Waals surface area (Å²) in [6.07, 6.45) is 1.49. The molecule has 6 heteroatoms. The van der Waals surface area contributed by atoms with Gasteiger partial charge in [0.2, 0.25) is 0 Å². The van der Waals surface area contributed by atoms with Gasteiger partial charge in [-0.2, -0.15) is 5.26 Å². The third kappa shape index (κ3) is 1.80. The molecule has 0 saturated carbocycles. The van der Waals surface area contributed by atoms with E-state index in [-0.39, 0.29) is 24.5 Å². The zero-order valence-corrected chi connectivity index (χ0v) is 10.3. The van der Waals surface area contributed by atoms with Crippen molar-refractivity contribution in [2.45, 2.75) is 44.2 Å². The van der Waals surface area contributed by atoms with E-state index in [0.717, 1.165) is 12.8 Å². The van der Waals surface area contributed by atoms with Crippen molar-refractivity contribution in [1.82, 2.24) is 4.90 Å². The van der Waals surface area contributed by atoms with Gasteiger partial charge in [-0.3, -0.25) is 4.79 Å². The smallest absolute Gasteiger partial charge is 0.407 e. The van der Waals surface area contributed by atoms with Crippen LogP contribution in [-0.4, -0.2) is 41.3 Å². The molecule has 0 aromatic carbocycles. The molecule has 1 N–H and O–H groups in total. The lowest BCUT2D eigenvalue weighted by Crippen LogP contribution is -2.52. The van der Waals surface area contributed by atoms with E-state index in [9.17, 15) is 9.59 Å². The van der Waals surface area contributed by atoms with Crippen LogP contribution in [0.15, 0.2) is 0 Å². The topological polar surface area (TPSA) is 90.6 Å². The largest absolute Gasteiger partial charge is 0.469 e. The van der Waals surface area contributed by atoms with Gasteiger partial charge in [0.15, 0.2) is 0 Å². The Bertz CT molecular complexity index is 401.